The van der Waals surface area contributed by atoms with Crippen LogP contribution in [0, 0.1) is 11.8 Å². The van der Waals surface area contributed by atoms with E-state index in [1.807, 2.05) is 24.3 Å². The zero-order chi connectivity index (χ0) is 14.1. The van der Waals surface area contributed by atoms with Gasteiger partial charge in [-0.05, 0) is 25.0 Å². The number of hydrogen-bond acceptors (Lipinski definition) is 5. The molecule has 1 aliphatic carbocycles. The maximum atomic E-state index is 10.9. The van der Waals surface area contributed by atoms with Crippen LogP contribution >= 0.6 is 0 Å². The Morgan fingerprint density at radius 3 is 3.00 bits per heavy atom. The van der Waals surface area contributed by atoms with Gasteiger partial charge in [0.1, 0.15) is 5.52 Å². The minimum Gasteiger partial charge on any atom is -0.466 e. The molecule has 3 rings (SSSR count). The molecule has 2 aromatic rings. The third-order valence-corrected chi connectivity index (χ3v) is 3.99. The van der Waals surface area contributed by atoms with E-state index < -0.39 is 6.23 Å². The molecule has 1 saturated carbocycles. The van der Waals surface area contributed by atoms with Crippen molar-refractivity contribution in [1.29, 1.82) is 0 Å². The minimum absolute atomic E-state index is 0.0551. The molecule has 1 aromatic heterocycles. The Morgan fingerprint density at radius 1 is 1.50 bits per heavy atom. The Bertz CT molecular complexity index is 625. The van der Waals surface area contributed by atoms with Gasteiger partial charge in [-0.15, -0.1) is 5.10 Å². The van der Waals surface area contributed by atoms with E-state index in [9.17, 15) is 9.90 Å². The molecular weight excluding hydrogens is 258 g/mol. The number of aromatic nitrogens is 3. The first-order chi connectivity index (χ1) is 9.66. The third kappa shape index (κ3) is 2.27. The summed E-state index contributed by atoms with van der Waals surface area (Å²) < 4.78 is 6.59. The van der Waals surface area contributed by atoms with Crippen LogP contribution in [0.3, 0.4) is 0 Å². The quantitative estimate of drug-likeness (QED) is 0.856. The van der Waals surface area contributed by atoms with Crippen molar-refractivity contribution < 1.29 is 14.6 Å². The summed E-state index contributed by atoms with van der Waals surface area (Å²) in [4.78, 5) is 10.9. The lowest BCUT2D eigenvalue weighted by molar-refractivity contribution is -0.147. The lowest BCUT2D eigenvalue weighted by atomic mass is 9.73. The monoisotopic (exact) mass is 275 g/mol. The van der Waals surface area contributed by atoms with Crippen molar-refractivity contribution >= 4 is 17.0 Å². The van der Waals surface area contributed by atoms with Crippen molar-refractivity contribution in [3.05, 3.63) is 24.3 Å². The fourth-order valence-electron chi connectivity index (χ4n) is 2.68. The molecule has 1 N–H and O–H groups in total. The number of carbonyl (C=O) groups is 1. The van der Waals surface area contributed by atoms with E-state index in [1.54, 1.807) is 4.68 Å². The van der Waals surface area contributed by atoms with Crippen molar-refractivity contribution in [2.24, 2.45) is 11.8 Å². The number of benzene rings is 1. The normalized spacial score (nSPS) is 23.3. The molecule has 0 spiro atoms. The number of ether oxygens (including phenoxy) is 1. The molecule has 0 aliphatic heterocycles. The van der Waals surface area contributed by atoms with Gasteiger partial charge in [0.05, 0.1) is 12.1 Å². The summed E-state index contributed by atoms with van der Waals surface area (Å²) in [6, 6.07) is 7.54. The third-order valence-electron chi connectivity index (χ3n) is 3.99. The van der Waals surface area contributed by atoms with Crippen molar-refractivity contribution in [1.82, 2.24) is 15.0 Å². The van der Waals surface area contributed by atoms with Crippen LogP contribution in [0.5, 0.6) is 0 Å². The molecule has 6 heteroatoms. The predicted molar refractivity (Wildman–Crippen MR) is 71.6 cm³/mol. The lowest BCUT2D eigenvalue weighted by Gasteiger charge is -2.38. The highest BCUT2D eigenvalue weighted by atomic mass is 16.5. The highest BCUT2D eigenvalue weighted by Crippen LogP contribution is 2.41. The molecule has 1 unspecified atom stereocenters. The highest BCUT2D eigenvalue weighted by Gasteiger charge is 2.38. The Kier molecular flexibility index (Phi) is 3.40. The summed E-state index contributed by atoms with van der Waals surface area (Å²) in [7, 11) is 0. The summed E-state index contributed by atoms with van der Waals surface area (Å²) in [5, 5.41) is 18.6. The zero-order valence-corrected chi connectivity index (χ0v) is 11.3. The van der Waals surface area contributed by atoms with E-state index in [1.165, 1.54) is 6.92 Å². The first-order valence-electron chi connectivity index (χ1n) is 6.78. The van der Waals surface area contributed by atoms with Crippen LogP contribution in [0.1, 0.15) is 26.0 Å². The molecule has 106 valence electrons. The first-order valence-corrected chi connectivity index (χ1v) is 6.78. The van der Waals surface area contributed by atoms with Crippen molar-refractivity contribution in [2.45, 2.75) is 26.0 Å². The number of esters is 1. The largest absolute Gasteiger partial charge is 0.466 e. The zero-order valence-electron chi connectivity index (χ0n) is 11.3. The molecule has 0 saturated heterocycles. The average Bonchev–Trinajstić information content (AvgIpc) is 2.81. The van der Waals surface area contributed by atoms with Gasteiger partial charge in [-0.1, -0.05) is 17.3 Å². The van der Waals surface area contributed by atoms with Crippen LogP contribution in [-0.2, 0) is 9.53 Å². The second kappa shape index (κ2) is 5.20. The van der Waals surface area contributed by atoms with Crippen LogP contribution in [-0.4, -0.2) is 32.7 Å². The van der Waals surface area contributed by atoms with Crippen molar-refractivity contribution in [3.8, 4) is 0 Å². The highest BCUT2D eigenvalue weighted by molar-refractivity contribution is 5.73. The molecule has 1 aliphatic rings. The lowest BCUT2D eigenvalue weighted by Crippen LogP contribution is -2.37. The molecule has 0 amide bonds. The molecule has 0 radical (unpaired) electrons. The van der Waals surface area contributed by atoms with Gasteiger partial charge in [-0.25, -0.2) is 4.68 Å². The van der Waals surface area contributed by atoms with Gasteiger partial charge in [-0.3, -0.25) is 4.79 Å². The summed E-state index contributed by atoms with van der Waals surface area (Å²) in [6.07, 6.45) is 1.14. The number of carbonyl (C=O) groups excluding carboxylic acids is 1. The fraction of sp³-hybridized carbons (Fsp3) is 0.500. The van der Waals surface area contributed by atoms with E-state index in [-0.39, 0.29) is 17.8 Å². The number of hydrogen-bond donors (Lipinski definition) is 1. The number of fused-ring (bicyclic) bond motifs is 1. The Hall–Kier alpha value is -1.95. The standard InChI is InChI=1S/C14H17N3O3/c1-9(18)20-8-10-6-7-11(10)14(19)17-13-5-3-2-4-12(13)15-16-17/h2-5,10-11,14,19H,6-8H2,1H3/t10-,11?,14-/m0/s1. The second-order valence-corrected chi connectivity index (χ2v) is 5.24. The number of nitrogens with zero attached hydrogens (tertiary/aromatic N) is 3. The topological polar surface area (TPSA) is 77.2 Å². The Labute approximate surface area is 116 Å². The SMILES string of the molecule is CC(=O)OC[C@@H]1CCC1[C@H](O)n1nnc2ccccc21. The molecule has 6 nitrogen and oxygen atoms in total. The second-order valence-electron chi connectivity index (χ2n) is 5.24. The van der Waals surface area contributed by atoms with Crippen LogP contribution in [0.4, 0.5) is 0 Å². The molecular formula is C14H17N3O3. The van der Waals surface area contributed by atoms with Gasteiger partial charge < -0.3 is 9.84 Å². The van der Waals surface area contributed by atoms with E-state index in [0.717, 1.165) is 23.9 Å². The number of rotatable bonds is 4. The van der Waals surface area contributed by atoms with Gasteiger partial charge >= 0.3 is 5.97 Å². The van der Waals surface area contributed by atoms with Crippen LogP contribution < -0.4 is 0 Å². The van der Waals surface area contributed by atoms with Crippen LogP contribution in [0.15, 0.2) is 24.3 Å². The average molecular weight is 275 g/mol. The number of aliphatic hydroxyl groups excluding tert-OH is 1. The number of aliphatic hydroxyl groups is 1. The van der Waals surface area contributed by atoms with Crippen LogP contribution in [0.2, 0.25) is 0 Å². The summed E-state index contributed by atoms with van der Waals surface area (Å²) in [6.45, 7) is 1.76. The Balaban J connectivity index is 1.75. The fourth-order valence-corrected chi connectivity index (χ4v) is 2.68. The van der Waals surface area contributed by atoms with Gasteiger partial charge in [0.25, 0.3) is 0 Å². The Morgan fingerprint density at radius 2 is 2.30 bits per heavy atom. The maximum absolute atomic E-state index is 10.9. The van der Waals surface area contributed by atoms with Gasteiger partial charge in [-0.2, -0.15) is 0 Å². The predicted octanol–water partition coefficient (Wildman–Crippen LogP) is 1.51. The molecule has 3 atom stereocenters. The van der Waals surface area contributed by atoms with E-state index >= 15 is 0 Å². The van der Waals surface area contributed by atoms with E-state index in [2.05, 4.69) is 10.3 Å². The summed E-state index contributed by atoms with van der Waals surface area (Å²) >= 11 is 0. The molecule has 20 heavy (non-hydrogen) atoms. The van der Waals surface area contributed by atoms with Gasteiger partial charge in [0.15, 0.2) is 6.23 Å². The van der Waals surface area contributed by atoms with Crippen molar-refractivity contribution in [3.63, 3.8) is 0 Å². The molecule has 1 aromatic carbocycles. The summed E-state index contributed by atoms with van der Waals surface area (Å²) in [5.41, 5.74) is 1.58. The van der Waals surface area contributed by atoms with Gasteiger partial charge in [0, 0.05) is 18.8 Å². The summed E-state index contributed by atoms with van der Waals surface area (Å²) in [5.74, 6) is -0.0346. The van der Waals surface area contributed by atoms with Crippen LogP contribution in [0.25, 0.3) is 11.0 Å². The molecule has 0 bridgehead atoms. The van der Waals surface area contributed by atoms with Gasteiger partial charge in [0.2, 0.25) is 0 Å². The van der Waals surface area contributed by atoms with Crippen molar-refractivity contribution in [2.75, 3.05) is 6.61 Å². The molecule has 1 heterocycles. The first kappa shape index (κ1) is 13.1. The maximum Gasteiger partial charge on any atom is 0.302 e. The van der Waals surface area contributed by atoms with E-state index in [4.69, 9.17) is 4.74 Å². The number of para-hydroxylation sites is 1. The van der Waals surface area contributed by atoms with E-state index in [0.29, 0.717) is 6.61 Å². The molecule has 1 fully saturated rings. The smallest absolute Gasteiger partial charge is 0.302 e. The minimum atomic E-state index is -0.725.